The molecule has 0 spiro atoms. The van der Waals surface area contributed by atoms with Crippen molar-refractivity contribution in [1.82, 2.24) is 0 Å². The van der Waals surface area contributed by atoms with Crippen LogP contribution in [0.2, 0.25) is 19.1 Å². The molecule has 0 bridgehead atoms. The smallest absolute Gasteiger partial charge is 0.264 e. The highest BCUT2D eigenvalue weighted by molar-refractivity contribution is 7.86. The molecule has 12 nitrogen and oxygen atoms in total. The summed E-state index contributed by atoms with van der Waals surface area (Å²) in [5, 5.41) is 0. The van der Waals surface area contributed by atoms with E-state index < -0.39 is 28.6 Å². The van der Waals surface area contributed by atoms with E-state index in [-0.39, 0.29) is 17.3 Å². The van der Waals surface area contributed by atoms with Crippen molar-refractivity contribution in [3.05, 3.63) is 0 Å². The van der Waals surface area contributed by atoms with Gasteiger partial charge in [-0.15, -0.1) is 0 Å². The van der Waals surface area contributed by atoms with Crippen molar-refractivity contribution < 1.29 is 53.5 Å². The van der Waals surface area contributed by atoms with Crippen molar-refractivity contribution in [2.75, 3.05) is 77.3 Å². The molecule has 0 aromatic rings. The topological polar surface area (TPSA) is 163 Å². The van der Waals surface area contributed by atoms with Gasteiger partial charge in [0.25, 0.3) is 20.2 Å². The summed E-state index contributed by atoms with van der Waals surface area (Å²) in [7, 11) is -9.09. The molecule has 0 amide bonds. The zero-order valence-electron chi connectivity index (χ0n) is 24.3. The zero-order valence-corrected chi connectivity index (χ0v) is 28.9. The van der Waals surface area contributed by atoms with Crippen molar-refractivity contribution in [2.24, 2.45) is 0 Å². The van der Waals surface area contributed by atoms with Gasteiger partial charge >= 0.3 is 0 Å². The third-order valence-corrected chi connectivity index (χ3v) is 14.2. The minimum absolute atomic E-state index is 0.0850. The predicted octanol–water partition coefficient (Wildman–Crippen LogP) is 1.06. The number of ketones is 1. The minimum Gasteiger partial charge on any atom is -0.463 e. The Kier molecular flexibility index (Phi) is 20.4. The van der Waals surface area contributed by atoms with E-state index in [4.69, 9.17) is 27.4 Å². The van der Waals surface area contributed by atoms with Crippen LogP contribution in [0.4, 0.5) is 0 Å². The van der Waals surface area contributed by atoms with Gasteiger partial charge in [0.15, 0.2) is 8.32 Å². The van der Waals surface area contributed by atoms with Crippen LogP contribution in [0.15, 0.2) is 0 Å². The molecule has 0 radical (unpaired) electrons. The SMILES string of the molecule is CC(=O)CCOCCOCCOCC[N+](CCCCS(=O)(=O)O)(CCCCS(=O)(=O)O)CCC[Si](C)(C)O[SiH3]. The minimum atomic E-state index is -4.03. The summed E-state index contributed by atoms with van der Waals surface area (Å²) < 4.78 is 86.1. The second-order valence-electron chi connectivity index (χ2n) is 10.6. The van der Waals surface area contributed by atoms with Gasteiger partial charge in [0.1, 0.15) is 22.8 Å². The largest absolute Gasteiger partial charge is 0.463 e. The Balaban J connectivity index is 4.97. The molecule has 234 valence electrons. The zero-order chi connectivity index (χ0) is 29.8. The molecule has 0 unspecified atom stereocenters. The van der Waals surface area contributed by atoms with Crippen LogP contribution in [-0.4, -0.2) is 132 Å². The fourth-order valence-corrected chi connectivity index (χ4v) is 7.06. The fraction of sp³-hybridized carbons (Fsp3) is 0.957. The van der Waals surface area contributed by atoms with Gasteiger partial charge in [0, 0.05) is 6.42 Å². The first-order valence-electron chi connectivity index (χ1n) is 13.6. The molecule has 16 heteroatoms. The number of carbonyl (C=O) groups excluding carboxylic acids is 1. The molecule has 0 aliphatic rings. The van der Waals surface area contributed by atoms with Crippen molar-refractivity contribution in [1.29, 1.82) is 0 Å². The summed E-state index contributed by atoms with van der Waals surface area (Å²) in [6.45, 7) is 11.2. The molecule has 0 aliphatic heterocycles. The average Bonchev–Trinajstić information content (AvgIpc) is 2.81. The van der Waals surface area contributed by atoms with Gasteiger partial charge in [-0.05, 0) is 58.2 Å². The molecule has 0 saturated carbocycles. The summed E-state index contributed by atoms with van der Waals surface area (Å²) in [6.07, 6.45) is 3.14. The highest BCUT2D eigenvalue weighted by Crippen LogP contribution is 2.19. The number of Topliss-reactive ketones (excluding diaryl/α,β-unsaturated/α-hetero) is 1. The molecular formula is C23H52NO11S2Si2+. The first-order valence-corrected chi connectivity index (χ1v) is 20.8. The van der Waals surface area contributed by atoms with Gasteiger partial charge in [0.2, 0.25) is 0 Å². The first kappa shape index (κ1) is 38.7. The van der Waals surface area contributed by atoms with Gasteiger partial charge in [-0.25, -0.2) is 0 Å². The van der Waals surface area contributed by atoms with Crippen LogP contribution >= 0.6 is 0 Å². The van der Waals surface area contributed by atoms with Crippen molar-refractivity contribution >= 4 is 44.8 Å². The van der Waals surface area contributed by atoms with E-state index in [0.717, 1.165) is 19.0 Å². The Morgan fingerprint density at radius 1 is 0.718 bits per heavy atom. The first-order chi connectivity index (χ1) is 18.1. The lowest BCUT2D eigenvalue weighted by molar-refractivity contribution is -0.929. The van der Waals surface area contributed by atoms with E-state index in [1.807, 2.05) is 0 Å². The molecule has 0 aromatic carbocycles. The molecule has 0 saturated heterocycles. The number of ether oxygens (including phenoxy) is 3. The van der Waals surface area contributed by atoms with E-state index in [0.29, 0.717) is 106 Å². The quantitative estimate of drug-likeness (QED) is 0.0573. The Bertz CT molecular complexity index is 831. The third-order valence-electron chi connectivity index (χ3n) is 6.59. The van der Waals surface area contributed by atoms with E-state index in [9.17, 15) is 21.6 Å². The molecule has 2 N–H and O–H groups in total. The monoisotopic (exact) mass is 638 g/mol. The summed E-state index contributed by atoms with van der Waals surface area (Å²) >= 11 is 0. The standard InChI is InChI=1S/C23H51NO11S2Si2/c1-23(25)9-14-32-16-18-34-19-17-33-15-13-24(10-4-6-20-36(26,27)28,11-5-7-21-37(29,30)31)12-8-22-39(2,3)35-38/h4-22H2,1-3,38H3,(H-,26,27,28,29,30,31)/p+1. The molecule has 0 aliphatic carbocycles. The predicted molar refractivity (Wildman–Crippen MR) is 157 cm³/mol. The number of carbonyl (C=O) groups is 1. The number of unbranched alkanes of at least 4 members (excludes halogenated alkanes) is 2. The summed E-state index contributed by atoms with van der Waals surface area (Å²) in [5.41, 5.74) is 0. The lowest BCUT2D eigenvalue weighted by Crippen LogP contribution is -2.52. The second-order valence-corrected chi connectivity index (χ2v) is 19.4. The van der Waals surface area contributed by atoms with E-state index in [1.54, 1.807) is 0 Å². The summed E-state index contributed by atoms with van der Waals surface area (Å²) in [6, 6.07) is 0.982. The van der Waals surface area contributed by atoms with Crippen LogP contribution < -0.4 is 0 Å². The molecule has 39 heavy (non-hydrogen) atoms. The normalized spacial score (nSPS) is 13.3. The second kappa shape index (κ2) is 20.6. The maximum Gasteiger partial charge on any atom is 0.264 e. The number of quaternary nitrogens is 1. The number of nitrogens with zero attached hydrogens (tertiary/aromatic N) is 1. The van der Waals surface area contributed by atoms with Gasteiger partial charge < -0.3 is 22.8 Å². The Morgan fingerprint density at radius 2 is 1.15 bits per heavy atom. The van der Waals surface area contributed by atoms with Crippen molar-refractivity contribution in [3.8, 4) is 0 Å². The Morgan fingerprint density at radius 3 is 1.59 bits per heavy atom. The Labute approximate surface area is 239 Å². The summed E-state index contributed by atoms with van der Waals surface area (Å²) in [4.78, 5) is 10.9. The molecule has 0 heterocycles. The maximum absolute atomic E-state index is 11.2. The molecular weight excluding hydrogens is 587 g/mol. The lowest BCUT2D eigenvalue weighted by Gasteiger charge is -2.40. The van der Waals surface area contributed by atoms with Gasteiger partial charge in [-0.2, -0.15) is 16.8 Å². The fourth-order valence-electron chi connectivity index (χ4n) is 4.09. The molecule has 0 aromatic heterocycles. The van der Waals surface area contributed by atoms with Crippen LogP contribution in [0.25, 0.3) is 0 Å². The number of hydrogen-bond acceptors (Lipinski definition) is 9. The molecule has 0 fully saturated rings. The van der Waals surface area contributed by atoms with Gasteiger partial charge in [-0.3, -0.25) is 13.9 Å². The van der Waals surface area contributed by atoms with E-state index >= 15 is 0 Å². The van der Waals surface area contributed by atoms with Crippen molar-refractivity contribution in [2.45, 2.75) is 64.6 Å². The van der Waals surface area contributed by atoms with Crippen molar-refractivity contribution in [3.63, 3.8) is 0 Å². The van der Waals surface area contributed by atoms with E-state index in [1.165, 1.54) is 6.92 Å². The summed E-state index contributed by atoms with van der Waals surface area (Å²) in [5.74, 6) is -0.506. The number of hydrogen-bond donors (Lipinski definition) is 2. The van der Waals surface area contributed by atoms with Crippen LogP contribution in [0.1, 0.15) is 45.4 Å². The van der Waals surface area contributed by atoms with Crippen LogP contribution in [-0.2, 0) is 43.4 Å². The highest BCUT2D eigenvalue weighted by Gasteiger charge is 2.29. The van der Waals surface area contributed by atoms with Crippen LogP contribution in [0.5, 0.6) is 0 Å². The molecule has 0 atom stereocenters. The number of rotatable bonds is 27. The maximum atomic E-state index is 11.2. The molecule has 0 rings (SSSR count). The third kappa shape index (κ3) is 25.2. The van der Waals surface area contributed by atoms with E-state index in [2.05, 4.69) is 13.1 Å². The van der Waals surface area contributed by atoms with Gasteiger partial charge in [-0.1, -0.05) is 0 Å². The van der Waals surface area contributed by atoms with Gasteiger partial charge in [0.05, 0.1) is 70.8 Å². The van der Waals surface area contributed by atoms with Crippen LogP contribution in [0, 0.1) is 0 Å². The lowest BCUT2D eigenvalue weighted by atomic mass is 10.2. The Hall–Kier alpha value is -0.276. The highest BCUT2D eigenvalue weighted by atomic mass is 32.2. The van der Waals surface area contributed by atoms with Crippen LogP contribution in [0.3, 0.4) is 0 Å². The average molecular weight is 639 g/mol.